The lowest BCUT2D eigenvalue weighted by Crippen LogP contribution is -2.12. The molecule has 1 heterocycles. The molecule has 2 nitrogen and oxygen atoms in total. The van der Waals surface area contributed by atoms with Crippen molar-refractivity contribution >= 4 is 11.9 Å². The summed E-state index contributed by atoms with van der Waals surface area (Å²) in [5, 5.41) is 7.17. The largest absolute Gasteiger partial charge is 0.304 e. The van der Waals surface area contributed by atoms with Crippen molar-refractivity contribution in [2.75, 3.05) is 0 Å². The summed E-state index contributed by atoms with van der Waals surface area (Å²) in [6.45, 7) is 3.63. The molecule has 0 aromatic heterocycles. The highest BCUT2D eigenvalue weighted by molar-refractivity contribution is 6.29. The molecule has 0 radical (unpaired) electrons. The predicted molar refractivity (Wildman–Crippen MR) is 39.4 cm³/mol. The van der Waals surface area contributed by atoms with Crippen LogP contribution in [0.4, 0.5) is 0 Å². The number of hydrogen-bond donors (Lipinski definition) is 1. The summed E-state index contributed by atoms with van der Waals surface area (Å²) < 4.78 is 0. The monoisotopic (exact) mass is 122 g/mol. The lowest BCUT2D eigenvalue weighted by atomic mass is 10.1. The fourth-order valence-corrected chi connectivity index (χ4v) is 0.807. The Bertz CT molecular complexity index is 158. The molecule has 0 aliphatic carbocycles. The first kappa shape index (κ1) is 6.20. The van der Waals surface area contributed by atoms with E-state index in [9.17, 15) is 0 Å². The summed E-state index contributed by atoms with van der Waals surface area (Å²) in [7, 11) is 0. The summed E-state index contributed by atoms with van der Waals surface area (Å²) in [5.74, 6) is 0. The number of rotatable bonds is 1. The second-order valence-electron chi connectivity index (χ2n) is 2.15. The zero-order valence-electron chi connectivity index (χ0n) is 5.30. The van der Waals surface area contributed by atoms with Crippen LogP contribution in [0.3, 0.4) is 0 Å². The molecule has 1 rings (SSSR count). The van der Waals surface area contributed by atoms with Gasteiger partial charge in [0.05, 0.1) is 6.04 Å². The van der Waals surface area contributed by atoms with Gasteiger partial charge < -0.3 is 5.41 Å². The predicted octanol–water partition coefficient (Wildman–Crippen LogP) is 1.43. The number of aliphatic imine (C=N–C) groups is 1. The highest BCUT2D eigenvalue weighted by Gasteiger charge is 2.06. The van der Waals surface area contributed by atoms with Crippen LogP contribution >= 0.6 is 0 Å². The summed E-state index contributed by atoms with van der Waals surface area (Å²) in [6, 6.07) is 0.263. The van der Waals surface area contributed by atoms with E-state index in [0.29, 0.717) is 5.71 Å². The minimum absolute atomic E-state index is 0.263. The van der Waals surface area contributed by atoms with Crippen LogP contribution in [0.25, 0.3) is 0 Å². The third kappa shape index (κ3) is 1.49. The van der Waals surface area contributed by atoms with E-state index in [1.54, 1.807) is 6.21 Å². The van der Waals surface area contributed by atoms with E-state index < -0.39 is 0 Å². The van der Waals surface area contributed by atoms with Gasteiger partial charge in [-0.3, -0.25) is 4.99 Å². The lowest BCUT2D eigenvalue weighted by molar-refractivity contribution is 0.743. The van der Waals surface area contributed by atoms with E-state index in [1.807, 2.05) is 6.08 Å². The molecule has 1 N–H and O–H groups in total. The van der Waals surface area contributed by atoms with Gasteiger partial charge in [0.15, 0.2) is 0 Å². The fourth-order valence-electron chi connectivity index (χ4n) is 0.807. The zero-order valence-corrected chi connectivity index (χ0v) is 5.30. The minimum Gasteiger partial charge on any atom is -0.304 e. The fraction of sp³-hybridized carbons (Fsp3) is 0.429. The Balaban J connectivity index is 2.57. The third-order valence-electron chi connectivity index (χ3n) is 1.40. The van der Waals surface area contributed by atoms with E-state index >= 15 is 0 Å². The Hall–Kier alpha value is -0.920. The van der Waals surface area contributed by atoms with Crippen molar-refractivity contribution in [1.29, 1.82) is 5.41 Å². The van der Waals surface area contributed by atoms with Gasteiger partial charge in [-0.2, -0.15) is 0 Å². The molecule has 1 aliphatic heterocycles. The highest BCUT2D eigenvalue weighted by Crippen LogP contribution is 2.07. The Labute approximate surface area is 54.8 Å². The molecule has 2 heteroatoms. The summed E-state index contributed by atoms with van der Waals surface area (Å²) in [4.78, 5) is 4.06. The average molecular weight is 122 g/mol. The first-order chi connectivity index (χ1) is 4.33. The zero-order chi connectivity index (χ0) is 6.69. The SMILES string of the molecule is C=CC1CCC(=N)C=N1. The van der Waals surface area contributed by atoms with E-state index in [0.717, 1.165) is 12.8 Å². The molecule has 0 amide bonds. The molecule has 0 saturated heterocycles. The van der Waals surface area contributed by atoms with Gasteiger partial charge in [-0.05, 0) is 12.8 Å². The third-order valence-corrected chi connectivity index (χ3v) is 1.40. The number of nitrogens with zero attached hydrogens (tertiary/aromatic N) is 1. The van der Waals surface area contributed by atoms with Gasteiger partial charge in [0.1, 0.15) is 0 Å². The molecule has 0 fully saturated rings. The van der Waals surface area contributed by atoms with Crippen molar-refractivity contribution < 1.29 is 0 Å². The quantitative estimate of drug-likeness (QED) is 0.511. The van der Waals surface area contributed by atoms with Crippen molar-refractivity contribution in [3.63, 3.8) is 0 Å². The maximum Gasteiger partial charge on any atom is 0.0681 e. The van der Waals surface area contributed by atoms with Crippen molar-refractivity contribution in [2.24, 2.45) is 4.99 Å². The van der Waals surface area contributed by atoms with Crippen LogP contribution < -0.4 is 0 Å². The van der Waals surface area contributed by atoms with Crippen LogP contribution in [0.2, 0.25) is 0 Å². The van der Waals surface area contributed by atoms with Crippen molar-refractivity contribution in [2.45, 2.75) is 18.9 Å². The maximum absolute atomic E-state index is 7.17. The molecule has 48 valence electrons. The Morgan fingerprint density at radius 3 is 3.11 bits per heavy atom. The second kappa shape index (κ2) is 2.58. The van der Waals surface area contributed by atoms with Crippen LogP contribution in [-0.2, 0) is 0 Å². The maximum atomic E-state index is 7.17. The Morgan fingerprint density at radius 2 is 2.67 bits per heavy atom. The molecule has 1 aliphatic rings. The molecular formula is C7H10N2. The molecule has 0 aromatic carbocycles. The first-order valence-corrected chi connectivity index (χ1v) is 3.06. The van der Waals surface area contributed by atoms with Gasteiger partial charge in [-0.25, -0.2) is 0 Å². The standard InChI is InChI=1S/C7H10N2/c1-2-7-4-3-6(8)5-9-7/h2,5,7-8H,1,3-4H2. The van der Waals surface area contributed by atoms with Crippen LogP contribution in [0.1, 0.15) is 12.8 Å². The van der Waals surface area contributed by atoms with Crippen LogP contribution in [-0.4, -0.2) is 18.0 Å². The van der Waals surface area contributed by atoms with Crippen LogP contribution in [0, 0.1) is 5.41 Å². The molecule has 1 atom stereocenters. The first-order valence-electron chi connectivity index (χ1n) is 3.06. The van der Waals surface area contributed by atoms with Crippen LogP contribution in [0.15, 0.2) is 17.6 Å². The molecule has 9 heavy (non-hydrogen) atoms. The lowest BCUT2D eigenvalue weighted by Gasteiger charge is -2.10. The summed E-state index contributed by atoms with van der Waals surface area (Å²) in [6.07, 6.45) is 5.25. The van der Waals surface area contributed by atoms with Crippen molar-refractivity contribution in [3.8, 4) is 0 Å². The topological polar surface area (TPSA) is 36.2 Å². The van der Waals surface area contributed by atoms with E-state index in [2.05, 4.69) is 11.6 Å². The van der Waals surface area contributed by atoms with Crippen LogP contribution in [0.5, 0.6) is 0 Å². The van der Waals surface area contributed by atoms with Crippen molar-refractivity contribution in [3.05, 3.63) is 12.7 Å². The molecule has 1 unspecified atom stereocenters. The average Bonchev–Trinajstić information content (AvgIpc) is 1.90. The molecular weight excluding hydrogens is 112 g/mol. The minimum atomic E-state index is 0.263. The van der Waals surface area contributed by atoms with E-state index in [1.165, 1.54) is 0 Å². The van der Waals surface area contributed by atoms with Gasteiger partial charge >= 0.3 is 0 Å². The second-order valence-corrected chi connectivity index (χ2v) is 2.15. The van der Waals surface area contributed by atoms with E-state index in [4.69, 9.17) is 5.41 Å². The number of hydrogen-bond acceptors (Lipinski definition) is 2. The molecule has 0 bridgehead atoms. The molecule has 0 aromatic rings. The Morgan fingerprint density at radius 1 is 1.89 bits per heavy atom. The van der Waals surface area contributed by atoms with Gasteiger partial charge in [0.25, 0.3) is 0 Å². The number of nitrogens with one attached hydrogen (secondary N) is 1. The summed E-state index contributed by atoms with van der Waals surface area (Å²) in [5.41, 5.74) is 0.633. The smallest absolute Gasteiger partial charge is 0.0681 e. The van der Waals surface area contributed by atoms with Gasteiger partial charge in [-0.15, -0.1) is 6.58 Å². The molecule has 0 spiro atoms. The summed E-state index contributed by atoms with van der Waals surface area (Å²) >= 11 is 0. The van der Waals surface area contributed by atoms with E-state index in [-0.39, 0.29) is 6.04 Å². The Kier molecular flexibility index (Phi) is 1.78. The molecule has 0 saturated carbocycles. The van der Waals surface area contributed by atoms with Crippen molar-refractivity contribution in [1.82, 2.24) is 0 Å². The van der Waals surface area contributed by atoms with Gasteiger partial charge in [-0.1, -0.05) is 6.08 Å². The highest BCUT2D eigenvalue weighted by atomic mass is 14.8. The van der Waals surface area contributed by atoms with Gasteiger partial charge in [0, 0.05) is 11.9 Å². The van der Waals surface area contributed by atoms with Gasteiger partial charge in [0.2, 0.25) is 0 Å². The normalized spacial score (nSPS) is 26.2.